The topological polar surface area (TPSA) is 72.4 Å². The van der Waals surface area contributed by atoms with Crippen LogP contribution in [0.25, 0.3) is 0 Å². The van der Waals surface area contributed by atoms with Crippen molar-refractivity contribution in [2.24, 2.45) is 0 Å². The highest BCUT2D eigenvalue weighted by molar-refractivity contribution is 5.76. The molecule has 1 atom stereocenters. The van der Waals surface area contributed by atoms with Crippen LogP contribution >= 0.6 is 0 Å². The minimum Gasteiger partial charge on any atom is -0.464 e. The van der Waals surface area contributed by atoms with Crippen molar-refractivity contribution in [1.29, 1.82) is 0 Å². The highest BCUT2D eigenvalue weighted by Crippen LogP contribution is 2.38. The number of nitrogens with zero attached hydrogens (tertiary/aromatic N) is 3. The molecule has 1 saturated carbocycles. The van der Waals surface area contributed by atoms with E-state index in [2.05, 4.69) is 10.1 Å². The highest BCUT2D eigenvalue weighted by Gasteiger charge is 2.30. The van der Waals surface area contributed by atoms with Crippen LogP contribution in [0.3, 0.4) is 0 Å². The van der Waals surface area contributed by atoms with Crippen molar-refractivity contribution in [3.63, 3.8) is 0 Å². The van der Waals surface area contributed by atoms with Gasteiger partial charge in [-0.1, -0.05) is 18.0 Å². The molecular formula is C19H25N3O3. The molecule has 0 spiro atoms. The number of aromatic nitrogens is 2. The minimum absolute atomic E-state index is 0.0495. The molecule has 0 aromatic carbocycles. The van der Waals surface area contributed by atoms with E-state index in [9.17, 15) is 4.79 Å². The third kappa shape index (κ3) is 3.78. The molecule has 1 amide bonds. The second-order valence-electron chi connectivity index (χ2n) is 7.22. The van der Waals surface area contributed by atoms with E-state index in [-0.39, 0.29) is 11.9 Å². The lowest BCUT2D eigenvalue weighted by Gasteiger charge is -2.28. The molecule has 1 saturated heterocycles. The Labute approximate surface area is 147 Å². The number of carbonyl (C=O) groups is 1. The van der Waals surface area contributed by atoms with Gasteiger partial charge in [-0.15, -0.1) is 0 Å². The Morgan fingerprint density at radius 3 is 2.88 bits per heavy atom. The predicted molar refractivity (Wildman–Crippen MR) is 91.0 cm³/mol. The Morgan fingerprint density at radius 2 is 2.12 bits per heavy atom. The van der Waals surface area contributed by atoms with E-state index in [4.69, 9.17) is 8.94 Å². The third-order valence-corrected chi connectivity index (χ3v) is 5.14. The average Bonchev–Trinajstić information content (AvgIpc) is 3.28. The highest BCUT2D eigenvalue weighted by atomic mass is 16.5. The predicted octanol–water partition coefficient (Wildman–Crippen LogP) is 3.92. The summed E-state index contributed by atoms with van der Waals surface area (Å²) in [4.78, 5) is 19.3. The van der Waals surface area contributed by atoms with Crippen LogP contribution in [-0.2, 0) is 11.2 Å². The van der Waals surface area contributed by atoms with Gasteiger partial charge >= 0.3 is 0 Å². The van der Waals surface area contributed by atoms with E-state index in [1.807, 2.05) is 24.0 Å². The van der Waals surface area contributed by atoms with Crippen molar-refractivity contribution < 1.29 is 13.7 Å². The van der Waals surface area contributed by atoms with Gasteiger partial charge in [-0.05, 0) is 44.7 Å². The van der Waals surface area contributed by atoms with E-state index in [1.165, 1.54) is 0 Å². The summed E-state index contributed by atoms with van der Waals surface area (Å²) in [5.74, 6) is 3.81. The Bertz CT molecular complexity index is 732. The van der Waals surface area contributed by atoms with Gasteiger partial charge in [-0.3, -0.25) is 4.79 Å². The summed E-state index contributed by atoms with van der Waals surface area (Å²) in [5.41, 5.74) is 0. The molecule has 134 valence electrons. The van der Waals surface area contributed by atoms with E-state index < -0.39 is 0 Å². The second kappa shape index (κ2) is 7.02. The zero-order chi connectivity index (χ0) is 17.2. The maximum Gasteiger partial charge on any atom is 0.227 e. The van der Waals surface area contributed by atoms with E-state index in [1.54, 1.807) is 0 Å². The summed E-state index contributed by atoms with van der Waals surface area (Å²) in [7, 11) is 0. The number of carbonyl (C=O) groups excluding carboxylic acids is 1. The SMILES string of the molecule is Cc1ccc(C2CCCCCN2C(=O)CCc2nc(C3CC3)no2)o1. The molecular weight excluding hydrogens is 318 g/mol. The van der Waals surface area contributed by atoms with Crippen LogP contribution in [0.5, 0.6) is 0 Å². The van der Waals surface area contributed by atoms with Gasteiger partial charge < -0.3 is 13.8 Å². The summed E-state index contributed by atoms with van der Waals surface area (Å²) in [6.45, 7) is 2.74. The lowest BCUT2D eigenvalue weighted by Crippen LogP contribution is -2.34. The number of likely N-dealkylation sites (tertiary alicyclic amines) is 1. The van der Waals surface area contributed by atoms with Crippen molar-refractivity contribution in [2.45, 2.75) is 70.3 Å². The fraction of sp³-hybridized carbons (Fsp3) is 0.632. The summed E-state index contributed by atoms with van der Waals surface area (Å²) in [6, 6.07) is 4.03. The Kier molecular flexibility index (Phi) is 4.59. The van der Waals surface area contributed by atoms with Crippen molar-refractivity contribution in [2.75, 3.05) is 6.54 Å². The molecule has 2 fully saturated rings. The molecule has 6 heteroatoms. The zero-order valence-corrected chi connectivity index (χ0v) is 14.7. The fourth-order valence-corrected chi connectivity index (χ4v) is 3.57. The Hall–Kier alpha value is -2.11. The number of rotatable bonds is 5. The molecule has 1 aliphatic heterocycles. The van der Waals surface area contributed by atoms with Crippen LogP contribution in [0.1, 0.15) is 80.1 Å². The van der Waals surface area contributed by atoms with Crippen molar-refractivity contribution >= 4 is 5.91 Å². The van der Waals surface area contributed by atoms with Gasteiger partial charge in [0.05, 0.1) is 6.04 Å². The van der Waals surface area contributed by atoms with Gasteiger partial charge in [0.25, 0.3) is 0 Å². The number of furan rings is 1. The molecule has 6 nitrogen and oxygen atoms in total. The van der Waals surface area contributed by atoms with Crippen molar-refractivity contribution in [3.8, 4) is 0 Å². The fourth-order valence-electron chi connectivity index (χ4n) is 3.57. The normalized spacial score (nSPS) is 21.3. The summed E-state index contributed by atoms with van der Waals surface area (Å²) >= 11 is 0. The Balaban J connectivity index is 1.41. The van der Waals surface area contributed by atoms with Crippen LogP contribution in [-0.4, -0.2) is 27.5 Å². The summed E-state index contributed by atoms with van der Waals surface area (Å²) in [6.07, 6.45) is 7.52. The van der Waals surface area contributed by atoms with Crippen LogP contribution < -0.4 is 0 Å². The standard InChI is InChI=1S/C19H25N3O3/c1-13-6-9-16(24-13)15-5-3-2-4-12-22(15)18(23)11-10-17-20-19(21-25-17)14-7-8-14/h6,9,14-15H,2-5,7-8,10-12H2,1H3. The molecule has 2 aromatic heterocycles. The first kappa shape index (κ1) is 16.4. The van der Waals surface area contributed by atoms with Gasteiger partial charge in [0.15, 0.2) is 5.82 Å². The lowest BCUT2D eigenvalue weighted by atomic mass is 10.1. The van der Waals surface area contributed by atoms with Gasteiger partial charge in [0.1, 0.15) is 11.5 Å². The monoisotopic (exact) mass is 343 g/mol. The molecule has 2 aliphatic rings. The maximum atomic E-state index is 12.9. The van der Waals surface area contributed by atoms with E-state index >= 15 is 0 Å². The van der Waals surface area contributed by atoms with Crippen LogP contribution in [0.4, 0.5) is 0 Å². The van der Waals surface area contributed by atoms with Crippen molar-refractivity contribution in [3.05, 3.63) is 35.4 Å². The van der Waals surface area contributed by atoms with Gasteiger partial charge in [-0.2, -0.15) is 4.98 Å². The average molecular weight is 343 g/mol. The smallest absolute Gasteiger partial charge is 0.227 e. The zero-order valence-electron chi connectivity index (χ0n) is 14.7. The number of hydrogen-bond acceptors (Lipinski definition) is 5. The molecule has 0 N–H and O–H groups in total. The lowest BCUT2D eigenvalue weighted by molar-refractivity contribution is -0.134. The molecule has 4 rings (SSSR count). The van der Waals surface area contributed by atoms with E-state index in [0.29, 0.717) is 24.7 Å². The number of hydrogen-bond donors (Lipinski definition) is 0. The molecule has 25 heavy (non-hydrogen) atoms. The first-order valence-electron chi connectivity index (χ1n) is 9.39. The largest absolute Gasteiger partial charge is 0.464 e. The van der Waals surface area contributed by atoms with Crippen molar-refractivity contribution in [1.82, 2.24) is 15.0 Å². The molecule has 2 aromatic rings. The van der Waals surface area contributed by atoms with Crippen LogP contribution in [0, 0.1) is 6.92 Å². The summed E-state index contributed by atoms with van der Waals surface area (Å²) in [5, 5.41) is 4.02. The summed E-state index contributed by atoms with van der Waals surface area (Å²) < 4.78 is 11.1. The molecule has 0 bridgehead atoms. The number of aryl methyl sites for hydroxylation is 2. The molecule has 1 aliphatic carbocycles. The van der Waals surface area contributed by atoms with E-state index in [0.717, 1.165) is 62.4 Å². The Morgan fingerprint density at radius 1 is 1.24 bits per heavy atom. The number of amides is 1. The van der Waals surface area contributed by atoms with Gasteiger partial charge in [0, 0.05) is 25.3 Å². The first-order valence-corrected chi connectivity index (χ1v) is 9.39. The second-order valence-corrected chi connectivity index (χ2v) is 7.22. The van der Waals surface area contributed by atoms with Crippen LogP contribution in [0.2, 0.25) is 0 Å². The first-order chi connectivity index (χ1) is 12.2. The quantitative estimate of drug-likeness (QED) is 0.822. The molecule has 0 radical (unpaired) electrons. The molecule has 1 unspecified atom stereocenters. The maximum absolute atomic E-state index is 12.9. The van der Waals surface area contributed by atoms with Crippen LogP contribution in [0.15, 0.2) is 21.1 Å². The van der Waals surface area contributed by atoms with Gasteiger partial charge in [-0.25, -0.2) is 0 Å². The minimum atomic E-state index is 0.0495. The van der Waals surface area contributed by atoms with Gasteiger partial charge in [0.2, 0.25) is 11.8 Å². The molecule has 3 heterocycles. The third-order valence-electron chi connectivity index (χ3n) is 5.14.